The monoisotopic (exact) mass is 248 g/mol. The molecule has 1 N–H and O–H groups in total. The van der Waals surface area contributed by atoms with E-state index in [0.29, 0.717) is 18.4 Å². The number of carbonyl (C=O) groups is 1. The number of fused-ring (bicyclic) bond motifs is 1. The standard InChI is InChI=1S/C15H20O3/c1-9(2)12-6-4-10(3)13(16)7-5-11-8-14(12)18-15(11)17/h4,8,12-14,16H,1,5-7H2,2-3H3/b10-4+/t12-,13-,14-/m0/s1. The molecular weight excluding hydrogens is 228 g/mol. The van der Waals surface area contributed by atoms with Crippen LogP contribution < -0.4 is 0 Å². The lowest BCUT2D eigenvalue weighted by Crippen LogP contribution is -2.21. The molecular formula is C15H20O3. The zero-order valence-corrected chi connectivity index (χ0v) is 11.0. The average molecular weight is 248 g/mol. The Bertz CT molecular complexity index is 431. The van der Waals surface area contributed by atoms with Crippen molar-refractivity contribution in [1.82, 2.24) is 0 Å². The van der Waals surface area contributed by atoms with Crippen molar-refractivity contribution in [3.05, 3.63) is 35.5 Å². The molecule has 18 heavy (non-hydrogen) atoms. The van der Waals surface area contributed by atoms with Gasteiger partial charge in [0.1, 0.15) is 6.10 Å². The fourth-order valence-corrected chi connectivity index (χ4v) is 2.47. The summed E-state index contributed by atoms with van der Waals surface area (Å²) in [7, 11) is 0. The van der Waals surface area contributed by atoms with Gasteiger partial charge in [-0.15, -0.1) is 0 Å². The van der Waals surface area contributed by atoms with Gasteiger partial charge in [0.15, 0.2) is 0 Å². The Morgan fingerprint density at radius 3 is 2.94 bits per heavy atom. The fraction of sp³-hybridized carbons (Fsp3) is 0.533. The molecule has 3 nitrogen and oxygen atoms in total. The number of aliphatic hydroxyl groups excluding tert-OH is 1. The lowest BCUT2D eigenvalue weighted by atomic mass is 9.88. The first-order valence-corrected chi connectivity index (χ1v) is 6.41. The van der Waals surface area contributed by atoms with Crippen molar-refractivity contribution in [2.24, 2.45) is 5.92 Å². The molecule has 0 amide bonds. The van der Waals surface area contributed by atoms with Gasteiger partial charge in [-0.05, 0) is 44.8 Å². The van der Waals surface area contributed by atoms with E-state index in [9.17, 15) is 9.90 Å². The summed E-state index contributed by atoms with van der Waals surface area (Å²) in [4.78, 5) is 11.7. The summed E-state index contributed by atoms with van der Waals surface area (Å²) >= 11 is 0. The van der Waals surface area contributed by atoms with E-state index in [-0.39, 0.29) is 18.0 Å². The molecule has 0 unspecified atom stereocenters. The Kier molecular flexibility index (Phi) is 3.71. The summed E-state index contributed by atoms with van der Waals surface area (Å²) in [5.74, 6) is -0.135. The quantitative estimate of drug-likeness (QED) is 0.573. The smallest absolute Gasteiger partial charge is 0.334 e. The van der Waals surface area contributed by atoms with E-state index < -0.39 is 6.10 Å². The van der Waals surface area contributed by atoms with Gasteiger partial charge in [0, 0.05) is 11.5 Å². The highest BCUT2D eigenvalue weighted by Gasteiger charge is 2.32. The number of hydrogen-bond acceptors (Lipinski definition) is 3. The van der Waals surface area contributed by atoms with E-state index in [1.165, 1.54) is 0 Å². The van der Waals surface area contributed by atoms with Crippen molar-refractivity contribution < 1.29 is 14.6 Å². The van der Waals surface area contributed by atoms with Crippen LogP contribution in [0.3, 0.4) is 0 Å². The van der Waals surface area contributed by atoms with Crippen LogP contribution in [0.5, 0.6) is 0 Å². The van der Waals surface area contributed by atoms with E-state index in [2.05, 4.69) is 6.58 Å². The van der Waals surface area contributed by atoms with Crippen molar-refractivity contribution in [2.45, 2.75) is 45.3 Å². The Morgan fingerprint density at radius 1 is 1.56 bits per heavy atom. The first-order valence-electron chi connectivity index (χ1n) is 6.41. The summed E-state index contributed by atoms with van der Waals surface area (Å²) < 4.78 is 5.40. The molecule has 0 aromatic rings. The minimum absolute atomic E-state index is 0.103. The molecule has 1 aliphatic heterocycles. The third-order valence-corrected chi connectivity index (χ3v) is 3.81. The molecule has 0 spiro atoms. The number of ether oxygens (including phenoxy) is 1. The van der Waals surface area contributed by atoms with Crippen LogP contribution in [0.15, 0.2) is 35.5 Å². The van der Waals surface area contributed by atoms with Crippen molar-refractivity contribution in [3.63, 3.8) is 0 Å². The Hall–Kier alpha value is -1.35. The van der Waals surface area contributed by atoms with Crippen LogP contribution in [0.2, 0.25) is 0 Å². The van der Waals surface area contributed by atoms with Crippen LogP contribution in [0, 0.1) is 5.92 Å². The fourth-order valence-electron chi connectivity index (χ4n) is 2.47. The topological polar surface area (TPSA) is 46.5 Å². The molecule has 1 aliphatic carbocycles. The van der Waals surface area contributed by atoms with Crippen molar-refractivity contribution in [3.8, 4) is 0 Å². The highest BCUT2D eigenvalue weighted by molar-refractivity contribution is 5.91. The van der Waals surface area contributed by atoms with E-state index in [0.717, 1.165) is 17.6 Å². The minimum Gasteiger partial charge on any atom is -0.454 e. The Morgan fingerprint density at radius 2 is 2.28 bits per heavy atom. The molecule has 0 aromatic carbocycles. The number of allylic oxidation sites excluding steroid dienone is 1. The largest absolute Gasteiger partial charge is 0.454 e. The summed E-state index contributed by atoms with van der Waals surface area (Å²) in [6, 6.07) is 0. The average Bonchev–Trinajstić information content (AvgIpc) is 2.66. The van der Waals surface area contributed by atoms with Crippen LogP contribution >= 0.6 is 0 Å². The molecule has 3 heteroatoms. The predicted octanol–water partition coefficient (Wildman–Crippen LogP) is 2.52. The number of esters is 1. The molecule has 3 atom stereocenters. The molecule has 0 aromatic heterocycles. The maximum Gasteiger partial charge on any atom is 0.334 e. The lowest BCUT2D eigenvalue weighted by Gasteiger charge is -2.21. The van der Waals surface area contributed by atoms with E-state index in [4.69, 9.17) is 4.74 Å². The van der Waals surface area contributed by atoms with Gasteiger partial charge in [0.25, 0.3) is 0 Å². The molecule has 0 fully saturated rings. The lowest BCUT2D eigenvalue weighted by molar-refractivity contribution is -0.141. The van der Waals surface area contributed by atoms with E-state index >= 15 is 0 Å². The summed E-state index contributed by atoms with van der Waals surface area (Å²) in [6.07, 6.45) is 5.18. The maximum absolute atomic E-state index is 11.7. The summed E-state index contributed by atoms with van der Waals surface area (Å²) in [6.45, 7) is 7.86. The van der Waals surface area contributed by atoms with Gasteiger partial charge in [-0.1, -0.05) is 18.2 Å². The zero-order valence-electron chi connectivity index (χ0n) is 11.0. The molecule has 98 valence electrons. The summed E-state index contributed by atoms with van der Waals surface area (Å²) in [5.41, 5.74) is 2.67. The second-order valence-electron chi connectivity index (χ2n) is 5.25. The van der Waals surface area contributed by atoms with Gasteiger partial charge in [-0.25, -0.2) is 4.79 Å². The highest BCUT2D eigenvalue weighted by atomic mass is 16.5. The van der Waals surface area contributed by atoms with Crippen molar-refractivity contribution >= 4 is 5.97 Å². The van der Waals surface area contributed by atoms with Gasteiger partial charge in [-0.2, -0.15) is 0 Å². The van der Waals surface area contributed by atoms with E-state index in [1.54, 1.807) is 0 Å². The molecule has 2 rings (SSSR count). The molecule has 2 bridgehead atoms. The SMILES string of the molecule is C=C(C)[C@@H]1C/C=C(\C)[C@@H](O)CCC2=C[C@@H]1OC2=O. The van der Waals surface area contributed by atoms with Crippen LogP contribution in [0.4, 0.5) is 0 Å². The number of carbonyl (C=O) groups excluding carboxylic acids is 1. The Labute approximate surface area is 108 Å². The molecule has 0 saturated carbocycles. The van der Waals surface area contributed by atoms with Crippen LogP contribution in [-0.4, -0.2) is 23.3 Å². The van der Waals surface area contributed by atoms with Gasteiger partial charge in [-0.3, -0.25) is 0 Å². The van der Waals surface area contributed by atoms with Gasteiger partial charge in [0.2, 0.25) is 0 Å². The van der Waals surface area contributed by atoms with Crippen LogP contribution in [0.1, 0.15) is 33.1 Å². The van der Waals surface area contributed by atoms with Gasteiger partial charge in [0.05, 0.1) is 6.10 Å². The molecule has 0 saturated heterocycles. The number of hydrogen-bond donors (Lipinski definition) is 1. The second-order valence-corrected chi connectivity index (χ2v) is 5.25. The number of rotatable bonds is 1. The van der Waals surface area contributed by atoms with Crippen LogP contribution in [0.25, 0.3) is 0 Å². The normalized spacial score (nSPS) is 35.3. The van der Waals surface area contributed by atoms with Gasteiger partial charge < -0.3 is 9.84 Å². The third kappa shape index (κ3) is 2.56. The first-order chi connectivity index (χ1) is 8.49. The van der Waals surface area contributed by atoms with E-state index in [1.807, 2.05) is 26.0 Å². The molecule has 1 heterocycles. The van der Waals surface area contributed by atoms with Crippen molar-refractivity contribution in [1.29, 1.82) is 0 Å². The Balaban J connectivity index is 2.29. The second kappa shape index (κ2) is 5.11. The zero-order chi connectivity index (χ0) is 13.3. The minimum atomic E-state index is -0.471. The molecule has 0 radical (unpaired) electrons. The highest BCUT2D eigenvalue weighted by Crippen LogP contribution is 2.31. The maximum atomic E-state index is 11.7. The van der Waals surface area contributed by atoms with Gasteiger partial charge >= 0.3 is 5.97 Å². The third-order valence-electron chi connectivity index (χ3n) is 3.81. The van der Waals surface area contributed by atoms with Crippen molar-refractivity contribution in [2.75, 3.05) is 0 Å². The first kappa shape index (κ1) is 13.1. The van der Waals surface area contributed by atoms with Crippen LogP contribution in [-0.2, 0) is 9.53 Å². The molecule has 2 aliphatic rings. The summed E-state index contributed by atoms with van der Waals surface area (Å²) in [5, 5.41) is 9.97. The predicted molar refractivity (Wildman–Crippen MR) is 69.9 cm³/mol. The number of aliphatic hydroxyl groups is 1.